The third kappa shape index (κ3) is 4.55. The van der Waals surface area contributed by atoms with Gasteiger partial charge in [0, 0.05) is 12.1 Å². The summed E-state index contributed by atoms with van der Waals surface area (Å²) in [7, 11) is 1.65. The average Bonchev–Trinajstić information content (AvgIpc) is 2.68. The van der Waals surface area contributed by atoms with E-state index in [1.54, 1.807) is 7.11 Å². The van der Waals surface area contributed by atoms with Crippen LogP contribution in [0.2, 0.25) is 0 Å². The Morgan fingerprint density at radius 1 is 1.12 bits per heavy atom. The third-order valence-electron chi connectivity index (χ3n) is 4.84. The van der Waals surface area contributed by atoms with Crippen molar-refractivity contribution >= 4 is 5.97 Å². The zero-order chi connectivity index (χ0) is 18.4. The molecule has 0 atom stereocenters. The number of likely N-dealkylation sites (tertiary alicyclic amines) is 1. The van der Waals surface area contributed by atoms with Crippen LogP contribution in [-0.2, 0) is 17.9 Å². The molecule has 0 amide bonds. The topological polar surface area (TPSA) is 59.0 Å². The van der Waals surface area contributed by atoms with Crippen molar-refractivity contribution in [3.8, 4) is 11.5 Å². The van der Waals surface area contributed by atoms with Crippen LogP contribution in [0, 0.1) is 5.92 Å². The van der Waals surface area contributed by atoms with Gasteiger partial charge in [0.2, 0.25) is 0 Å². The smallest absolute Gasteiger partial charge is 0.306 e. The summed E-state index contributed by atoms with van der Waals surface area (Å²) >= 11 is 0. The van der Waals surface area contributed by atoms with Gasteiger partial charge in [-0.1, -0.05) is 42.5 Å². The lowest BCUT2D eigenvalue weighted by Crippen LogP contribution is -2.35. The second-order valence-corrected chi connectivity index (χ2v) is 6.61. The Labute approximate surface area is 154 Å². The highest BCUT2D eigenvalue weighted by atomic mass is 16.5. The Morgan fingerprint density at radius 2 is 1.85 bits per heavy atom. The first-order valence-electron chi connectivity index (χ1n) is 8.95. The van der Waals surface area contributed by atoms with E-state index in [9.17, 15) is 4.79 Å². The molecule has 26 heavy (non-hydrogen) atoms. The number of carboxylic acids is 1. The van der Waals surface area contributed by atoms with Crippen molar-refractivity contribution in [1.29, 1.82) is 0 Å². The Balaban J connectivity index is 1.69. The second-order valence-electron chi connectivity index (χ2n) is 6.61. The van der Waals surface area contributed by atoms with Gasteiger partial charge in [0.1, 0.15) is 6.61 Å². The zero-order valence-electron chi connectivity index (χ0n) is 15.1. The number of carboxylic acid groups (broad SMARTS) is 1. The number of hydrogen-bond donors (Lipinski definition) is 1. The van der Waals surface area contributed by atoms with Crippen LogP contribution in [0.5, 0.6) is 11.5 Å². The lowest BCUT2D eigenvalue weighted by molar-refractivity contribution is -0.143. The molecule has 138 valence electrons. The molecule has 1 aliphatic heterocycles. The minimum Gasteiger partial charge on any atom is -0.493 e. The highest BCUT2D eigenvalue weighted by molar-refractivity contribution is 5.70. The fraction of sp³-hybridized carbons (Fsp3) is 0.381. The third-order valence-corrected chi connectivity index (χ3v) is 4.84. The molecule has 1 heterocycles. The van der Waals surface area contributed by atoms with Gasteiger partial charge in [-0.3, -0.25) is 9.69 Å². The van der Waals surface area contributed by atoms with Crippen molar-refractivity contribution in [1.82, 2.24) is 4.90 Å². The minimum absolute atomic E-state index is 0.217. The fourth-order valence-corrected chi connectivity index (χ4v) is 3.32. The molecular formula is C21H25NO4. The first-order valence-corrected chi connectivity index (χ1v) is 8.95. The summed E-state index contributed by atoms with van der Waals surface area (Å²) in [5.74, 6) is 0.585. The molecule has 2 aromatic carbocycles. The summed E-state index contributed by atoms with van der Waals surface area (Å²) in [6.07, 6.45) is 1.39. The van der Waals surface area contributed by atoms with Crippen LogP contribution in [0.25, 0.3) is 0 Å². The number of piperidine rings is 1. The van der Waals surface area contributed by atoms with Gasteiger partial charge in [-0.2, -0.15) is 0 Å². The van der Waals surface area contributed by atoms with Gasteiger partial charge in [0.05, 0.1) is 13.0 Å². The molecule has 0 unspecified atom stereocenters. The second kappa shape index (κ2) is 8.72. The van der Waals surface area contributed by atoms with Gasteiger partial charge in [0.25, 0.3) is 0 Å². The molecule has 0 saturated carbocycles. The molecule has 3 rings (SSSR count). The molecule has 0 aromatic heterocycles. The van der Waals surface area contributed by atoms with E-state index in [0.29, 0.717) is 19.4 Å². The number of nitrogens with zero attached hydrogens (tertiary/aromatic N) is 1. The number of benzene rings is 2. The fourth-order valence-electron chi connectivity index (χ4n) is 3.32. The summed E-state index contributed by atoms with van der Waals surface area (Å²) < 4.78 is 11.6. The van der Waals surface area contributed by atoms with Gasteiger partial charge in [-0.05, 0) is 37.6 Å². The molecule has 0 radical (unpaired) electrons. The van der Waals surface area contributed by atoms with E-state index in [0.717, 1.165) is 42.3 Å². The monoisotopic (exact) mass is 355 g/mol. The number of carbonyl (C=O) groups is 1. The maximum Gasteiger partial charge on any atom is 0.306 e. The molecular weight excluding hydrogens is 330 g/mol. The molecule has 5 nitrogen and oxygen atoms in total. The van der Waals surface area contributed by atoms with Crippen molar-refractivity contribution in [3.63, 3.8) is 0 Å². The maximum atomic E-state index is 11.1. The summed E-state index contributed by atoms with van der Waals surface area (Å²) in [4.78, 5) is 13.4. The Morgan fingerprint density at radius 3 is 2.50 bits per heavy atom. The van der Waals surface area contributed by atoms with Crippen LogP contribution >= 0.6 is 0 Å². The van der Waals surface area contributed by atoms with E-state index in [1.807, 2.05) is 48.5 Å². The lowest BCUT2D eigenvalue weighted by atomic mass is 9.97. The van der Waals surface area contributed by atoms with Crippen molar-refractivity contribution < 1.29 is 19.4 Å². The summed E-state index contributed by atoms with van der Waals surface area (Å²) in [6.45, 7) is 2.78. The Hall–Kier alpha value is -2.53. The number of methoxy groups -OCH3 is 1. The highest BCUT2D eigenvalue weighted by Crippen LogP contribution is 2.33. The lowest BCUT2D eigenvalue weighted by Gasteiger charge is -2.30. The van der Waals surface area contributed by atoms with Crippen molar-refractivity contribution in [2.45, 2.75) is 26.0 Å². The number of rotatable bonds is 7. The average molecular weight is 355 g/mol. The number of aliphatic carboxylic acids is 1. The quantitative estimate of drug-likeness (QED) is 0.823. The first kappa shape index (κ1) is 18.3. The van der Waals surface area contributed by atoms with Gasteiger partial charge >= 0.3 is 5.97 Å². The van der Waals surface area contributed by atoms with Gasteiger partial charge in [-0.25, -0.2) is 0 Å². The van der Waals surface area contributed by atoms with E-state index in [1.165, 1.54) is 0 Å². The van der Waals surface area contributed by atoms with Crippen molar-refractivity contribution in [2.75, 3.05) is 20.2 Å². The van der Waals surface area contributed by atoms with Crippen LogP contribution in [0.1, 0.15) is 24.0 Å². The van der Waals surface area contributed by atoms with Gasteiger partial charge in [-0.15, -0.1) is 0 Å². The summed E-state index contributed by atoms with van der Waals surface area (Å²) in [6, 6.07) is 16.0. The normalized spacial score (nSPS) is 15.6. The zero-order valence-corrected chi connectivity index (χ0v) is 15.1. The van der Waals surface area contributed by atoms with Crippen LogP contribution in [-0.4, -0.2) is 36.2 Å². The van der Waals surface area contributed by atoms with Crippen LogP contribution < -0.4 is 9.47 Å². The molecule has 1 N–H and O–H groups in total. The van der Waals surface area contributed by atoms with E-state index in [2.05, 4.69) is 4.90 Å². The van der Waals surface area contributed by atoms with Gasteiger partial charge in [0.15, 0.2) is 11.5 Å². The number of ether oxygens (including phenoxy) is 2. The van der Waals surface area contributed by atoms with E-state index in [4.69, 9.17) is 14.6 Å². The number of para-hydroxylation sites is 1. The Bertz CT molecular complexity index is 724. The first-order chi connectivity index (χ1) is 12.7. The van der Waals surface area contributed by atoms with Crippen LogP contribution in [0.3, 0.4) is 0 Å². The summed E-state index contributed by atoms with van der Waals surface area (Å²) in [5, 5.41) is 9.15. The van der Waals surface area contributed by atoms with Crippen molar-refractivity contribution in [2.24, 2.45) is 5.92 Å². The maximum absolute atomic E-state index is 11.1. The molecule has 2 aromatic rings. The highest BCUT2D eigenvalue weighted by Gasteiger charge is 2.25. The standard InChI is InChI=1S/C21H25NO4/c1-25-19-9-5-8-18(14-22-12-10-17(11-13-22)21(23)24)20(19)26-15-16-6-3-2-4-7-16/h2-9,17H,10-15H2,1H3,(H,23,24). The van der Waals surface area contributed by atoms with Gasteiger partial charge < -0.3 is 14.6 Å². The van der Waals surface area contributed by atoms with E-state index < -0.39 is 5.97 Å². The molecule has 1 aliphatic rings. The SMILES string of the molecule is COc1cccc(CN2CCC(C(=O)O)CC2)c1OCc1ccccc1. The predicted molar refractivity (Wildman–Crippen MR) is 99.4 cm³/mol. The molecule has 1 saturated heterocycles. The molecule has 5 heteroatoms. The molecule has 0 aliphatic carbocycles. The summed E-state index contributed by atoms with van der Waals surface area (Å²) in [5.41, 5.74) is 2.17. The minimum atomic E-state index is -0.682. The van der Waals surface area contributed by atoms with E-state index in [-0.39, 0.29) is 5.92 Å². The number of hydrogen-bond acceptors (Lipinski definition) is 4. The van der Waals surface area contributed by atoms with Crippen molar-refractivity contribution in [3.05, 3.63) is 59.7 Å². The molecule has 0 spiro atoms. The molecule has 0 bridgehead atoms. The Kier molecular flexibility index (Phi) is 6.12. The van der Waals surface area contributed by atoms with Crippen LogP contribution in [0.4, 0.5) is 0 Å². The molecule has 1 fully saturated rings. The van der Waals surface area contributed by atoms with Crippen LogP contribution in [0.15, 0.2) is 48.5 Å². The predicted octanol–water partition coefficient (Wildman–Crippen LogP) is 3.57. The largest absolute Gasteiger partial charge is 0.493 e. The van der Waals surface area contributed by atoms with E-state index >= 15 is 0 Å².